The normalized spacial score (nSPS) is 12.7. The van der Waals surface area contributed by atoms with Gasteiger partial charge in [0, 0.05) is 19.3 Å². The third-order valence-corrected chi connectivity index (χ3v) is 10.9. The Morgan fingerprint density at radius 3 is 0.968 bits per heavy atom. The van der Waals surface area contributed by atoms with Crippen molar-refractivity contribution in [3.05, 3.63) is 85.1 Å². The molecular formula is C57H96O6. The Balaban J connectivity index is 4.10. The topological polar surface area (TPSA) is 78.9 Å². The highest BCUT2D eigenvalue weighted by Gasteiger charge is 2.19. The average Bonchev–Trinajstić information content (AvgIpc) is 3.28. The van der Waals surface area contributed by atoms with Crippen molar-refractivity contribution in [2.45, 2.75) is 245 Å². The molecule has 63 heavy (non-hydrogen) atoms. The second-order valence-corrected chi connectivity index (χ2v) is 17.1. The number of hydrogen-bond acceptors (Lipinski definition) is 6. The SMILES string of the molecule is CC/C=C\C/C=C\C/C=C\C/C=C\C/C=C\C/C=C\C/C=C\CCCCCCCCCC(=O)OCC(COC(=O)CCCCCCCC)OC(=O)CCCCCCCCCCCC. The fourth-order valence-electron chi connectivity index (χ4n) is 7.01. The number of esters is 3. The Kier molecular flexibility index (Phi) is 48.5. The molecule has 1 unspecified atom stereocenters. The molecule has 0 bridgehead atoms. The monoisotopic (exact) mass is 877 g/mol. The minimum absolute atomic E-state index is 0.0784. The van der Waals surface area contributed by atoms with Crippen molar-refractivity contribution in [1.29, 1.82) is 0 Å². The van der Waals surface area contributed by atoms with Gasteiger partial charge in [-0.1, -0.05) is 228 Å². The zero-order valence-electron chi connectivity index (χ0n) is 41.1. The minimum Gasteiger partial charge on any atom is -0.462 e. The van der Waals surface area contributed by atoms with E-state index in [0.717, 1.165) is 109 Å². The summed E-state index contributed by atoms with van der Waals surface area (Å²) in [5.74, 6) is -0.902. The molecule has 0 N–H and O–H groups in total. The summed E-state index contributed by atoms with van der Waals surface area (Å²) in [6, 6.07) is 0. The van der Waals surface area contributed by atoms with E-state index in [2.05, 4.69) is 106 Å². The van der Waals surface area contributed by atoms with Crippen LogP contribution in [0.2, 0.25) is 0 Å². The summed E-state index contributed by atoms with van der Waals surface area (Å²) < 4.78 is 16.6. The number of rotatable bonds is 46. The van der Waals surface area contributed by atoms with E-state index in [4.69, 9.17) is 14.2 Å². The summed E-state index contributed by atoms with van der Waals surface area (Å²) in [6.07, 6.45) is 66.0. The third kappa shape index (κ3) is 49.5. The molecule has 0 radical (unpaired) electrons. The van der Waals surface area contributed by atoms with Gasteiger partial charge < -0.3 is 14.2 Å². The van der Waals surface area contributed by atoms with Crippen LogP contribution in [0.1, 0.15) is 239 Å². The van der Waals surface area contributed by atoms with Gasteiger partial charge in [0.1, 0.15) is 13.2 Å². The lowest BCUT2D eigenvalue weighted by Gasteiger charge is -2.18. The van der Waals surface area contributed by atoms with Crippen LogP contribution in [0.25, 0.3) is 0 Å². The summed E-state index contributed by atoms with van der Waals surface area (Å²) in [6.45, 7) is 6.43. The van der Waals surface area contributed by atoms with Gasteiger partial charge in [-0.2, -0.15) is 0 Å². The van der Waals surface area contributed by atoms with E-state index in [-0.39, 0.29) is 31.1 Å². The van der Waals surface area contributed by atoms with Crippen LogP contribution in [0.5, 0.6) is 0 Å². The average molecular weight is 877 g/mol. The van der Waals surface area contributed by atoms with Crippen LogP contribution >= 0.6 is 0 Å². The lowest BCUT2D eigenvalue weighted by molar-refractivity contribution is -0.167. The molecule has 0 saturated heterocycles. The van der Waals surface area contributed by atoms with Crippen LogP contribution < -0.4 is 0 Å². The minimum atomic E-state index is -0.774. The lowest BCUT2D eigenvalue weighted by Crippen LogP contribution is -2.30. The Labute approximate surface area is 388 Å². The van der Waals surface area contributed by atoms with Gasteiger partial charge in [0.15, 0.2) is 6.10 Å². The van der Waals surface area contributed by atoms with Gasteiger partial charge in [0.25, 0.3) is 0 Å². The predicted octanol–water partition coefficient (Wildman–Crippen LogP) is 17.2. The van der Waals surface area contributed by atoms with E-state index in [0.29, 0.717) is 19.3 Å². The third-order valence-electron chi connectivity index (χ3n) is 10.9. The summed E-state index contributed by atoms with van der Waals surface area (Å²) in [5, 5.41) is 0. The molecule has 6 nitrogen and oxygen atoms in total. The summed E-state index contributed by atoms with van der Waals surface area (Å²) in [5.41, 5.74) is 0. The largest absolute Gasteiger partial charge is 0.462 e. The molecule has 0 aliphatic carbocycles. The number of carbonyl (C=O) groups is 3. The molecule has 6 heteroatoms. The molecule has 0 spiro atoms. The van der Waals surface area contributed by atoms with Crippen LogP contribution in [0.15, 0.2) is 85.1 Å². The number of unbranched alkanes of at least 4 members (excludes halogenated alkanes) is 21. The smallest absolute Gasteiger partial charge is 0.306 e. The quantitative estimate of drug-likeness (QED) is 0.0262. The van der Waals surface area contributed by atoms with Crippen molar-refractivity contribution in [1.82, 2.24) is 0 Å². The predicted molar refractivity (Wildman–Crippen MR) is 270 cm³/mol. The molecular weight excluding hydrogens is 781 g/mol. The van der Waals surface area contributed by atoms with E-state index in [1.165, 1.54) is 89.9 Å². The van der Waals surface area contributed by atoms with Gasteiger partial charge in [0.05, 0.1) is 0 Å². The molecule has 0 fully saturated rings. The number of hydrogen-bond donors (Lipinski definition) is 0. The molecule has 0 aliphatic heterocycles. The first-order valence-electron chi connectivity index (χ1n) is 26.1. The van der Waals surface area contributed by atoms with Gasteiger partial charge in [-0.3, -0.25) is 14.4 Å². The number of allylic oxidation sites excluding steroid dienone is 14. The molecule has 0 aromatic heterocycles. The molecule has 0 aromatic rings. The lowest BCUT2D eigenvalue weighted by atomic mass is 10.1. The second kappa shape index (κ2) is 51.2. The maximum absolute atomic E-state index is 12.7. The summed E-state index contributed by atoms with van der Waals surface area (Å²) in [7, 11) is 0. The first-order chi connectivity index (χ1) is 31.0. The Hall–Kier alpha value is -3.41. The van der Waals surface area contributed by atoms with Crippen molar-refractivity contribution in [2.75, 3.05) is 13.2 Å². The zero-order valence-corrected chi connectivity index (χ0v) is 41.1. The standard InChI is InChI=1S/C57H96O6/c1-4-7-10-13-16-18-20-21-22-23-24-25-26-27-28-29-30-31-32-33-34-35-36-37-38-40-41-44-47-50-56(59)62-53-54(52-61-55(58)49-46-43-15-12-9-6-3)63-57(60)51-48-45-42-39-19-17-14-11-8-5-2/h7,10,16,18,21-22,24-25,27-28,30-31,33-34,54H,4-6,8-9,11-15,17,19-20,23,26,29,32,35-53H2,1-3H3/b10-7-,18-16-,22-21-,25-24-,28-27-,31-30-,34-33-. The first-order valence-corrected chi connectivity index (χ1v) is 26.1. The second-order valence-electron chi connectivity index (χ2n) is 17.1. The molecule has 0 rings (SSSR count). The van der Waals surface area contributed by atoms with Crippen LogP contribution in [-0.4, -0.2) is 37.2 Å². The number of carbonyl (C=O) groups excluding carboxylic acids is 3. The van der Waals surface area contributed by atoms with E-state index in [1.807, 2.05) is 0 Å². The van der Waals surface area contributed by atoms with E-state index in [1.54, 1.807) is 0 Å². The fraction of sp³-hybridized carbons (Fsp3) is 0.702. The zero-order chi connectivity index (χ0) is 45.8. The maximum atomic E-state index is 12.7. The Bertz CT molecular complexity index is 1240. The van der Waals surface area contributed by atoms with Gasteiger partial charge in [-0.25, -0.2) is 0 Å². The van der Waals surface area contributed by atoms with Crippen molar-refractivity contribution in [2.24, 2.45) is 0 Å². The van der Waals surface area contributed by atoms with Crippen LogP contribution in [0, 0.1) is 0 Å². The molecule has 0 aliphatic rings. The van der Waals surface area contributed by atoms with E-state index >= 15 is 0 Å². The van der Waals surface area contributed by atoms with Gasteiger partial charge in [-0.05, 0) is 77.0 Å². The Morgan fingerprint density at radius 2 is 0.619 bits per heavy atom. The fourth-order valence-corrected chi connectivity index (χ4v) is 7.01. The van der Waals surface area contributed by atoms with Gasteiger partial charge >= 0.3 is 17.9 Å². The maximum Gasteiger partial charge on any atom is 0.306 e. The molecule has 1 atom stereocenters. The van der Waals surface area contributed by atoms with Crippen molar-refractivity contribution in [3.8, 4) is 0 Å². The molecule has 0 aromatic carbocycles. The molecule has 0 amide bonds. The van der Waals surface area contributed by atoms with Crippen molar-refractivity contribution < 1.29 is 28.6 Å². The van der Waals surface area contributed by atoms with Crippen molar-refractivity contribution >= 4 is 17.9 Å². The molecule has 360 valence electrons. The van der Waals surface area contributed by atoms with Crippen LogP contribution in [0.3, 0.4) is 0 Å². The van der Waals surface area contributed by atoms with Gasteiger partial charge in [0.2, 0.25) is 0 Å². The molecule has 0 heterocycles. The molecule has 0 saturated carbocycles. The highest BCUT2D eigenvalue weighted by Crippen LogP contribution is 2.14. The number of ether oxygens (including phenoxy) is 3. The van der Waals surface area contributed by atoms with Gasteiger partial charge in [-0.15, -0.1) is 0 Å². The summed E-state index contributed by atoms with van der Waals surface area (Å²) >= 11 is 0. The van der Waals surface area contributed by atoms with Crippen molar-refractivity contribution in [3.63, 3.8) is 0 Å². The summed E-state index contributed by atoms with van der Waals surface area (Å²) in [4.78, 5) is 37.6. The highest BCUT2D eigenvalue weighted by atomic mass is 16.6. The first kappa shape index (κ1) is 59.6. The highest BCUT2D eigenvalue weighted by molar-refractivity contribution is 5.71. The van der Waals surface area contributed by atoms with Crippen LogP contribution in [0.4, 0.5) is 0 Å². The Morgan fingerprint density at radius 1 is 0.333 bits per heavy atom. The van der Waals surface area contributed by atoms with Crippen LogP contribution in [-0.2, 0) is 28.6 Å². The van der Waals surface area contributed by atoms with E-state index < -0.39 is 6.10 Å². The van der Waals surface area contributed by atoms with E-state index in [9.17, 15) is 14.4 Å².